The number of likely N-dealkylation sites (N-methyl/N-ethyl adjacent to an activating group) is 1. The lowest BCUT2D eigenvalue weighted by atomic mass is 10.1. The van der Waals surface area contributed by atoms with Crippen molar-refractivity contribution in [1.29, 1.82) is 0 Å². The van der Waals surface area contributed by atoms with E-state index in [9.17, 15) is 0 Å². The Bertz CT molecular complexity index is 465. The van der Waals surface area contributed by atoms with Crippen molar-refractivity contribution in [3.8, 4) is 0 Å². The first-order valence-electron chi connectivity index (χ1n) is 6.56. The van der Waals surface area contributed by atoms with Crippen molar-refractivity contribution in [2.45, 2.75) is 13.0 Å². The fourth-order valence-corrected chi connectivity index (χ4v) is 2.23. The third-order valence-electron chi connectivity index (χ3n) is 3.30. The molecule has 0 aliphatic heterocycles. The van der Waals surface area contributed by atoms with E-state index in [1.165, 1.54) is 17.7 Å². The maximum atomic E-state index is 2.30. The Labute approximate surface area is 122 Å². The Hall–Kier alpha value is -1.31. The first-order valence-corrected chi connectivity index (χ1v) is 6.56. The Balaban J connectivity index is 0.00000180. The summed E-state index contributed by atoms with van der Waals surface area (Å²) in [4.78, 5) is 0. The van der Waals surface area contributed by atoms with Crippen molar-refractivity contribution in [2.75, 3.05) is 20.6 Å². The summed E-state index contributed by atoms with van der Waals surface area (Å²) in [6, 6.07) is 21.5. The quantitative estimate of drug-likeness (QED) is 0.698. The van der Waals surface area contributed by atoms with Crippen LogP contribution in [0.25, 0.3) is 0 Å². The third kappa shape index (κ3) is 5.46. The number of hydrogen-bond acceptors (Lipinski definition) is 0. The zero-order chi connectivity index (χ0) is 12.8. The molecule has 0 spiro atoms. The number of quaternary nitrogens is 1. The average Bonchev–Trinajstić information content (AvgIpc) is 2.38. The summed E-state index contributed by atoms with van der Waals surface area (Å²) in [7, 11) is 4.60. The second kappa shape index (κ2) is 7.32. The first-order chi connectivity index (χ1) is 8.66. The van der Waals surface area contributed by atoms with Gasteiger partial charge in [0.15, 0.2) is 0 Å². The molecule has 2 aromatic carbocycles. The molecule has 0 saturated carbocycles. The van der Waals surface area contributed by atoms with E-state index in [2.05, 4.69) is 74.8 Å². The van der Waals surface area contributed by atoms with E-state index >= 15 is 0 Å². The monoisotopic (exact) mass is 275 g/mol. The summed E-state index contributed by atoms with van der Waals surface area (Å²) in [6.07, 6.45) is 1.14. The van der Waals surface area contributed by atoms with Crippen LogP contribution in [0.4, 0.5) is 0 Å². The van der Waals surface area contributed by atoms with Crippen LogP contribution in [0.3, 0.4) is 0 Å². The largest absolute Gasteiger partial charge is 1.00 e. The minimum atomic E-state index is 0. The molecule has 102 valence electrons. The molecule has 0 fully saturated rings. The zero-order valence-electron chi connectivity index (χ0n) is 11.7. The van der Waals surface area contributed by atoms with E-state index in [1.54, 1.807) is 0 Å². The van der Waals surface area contributed by atoms with Crippen LogP contribution in [0, 0.1) is 0 Å². The van der Waals surface area contributed by atoms with Gasteiger partial charge < -0.3 is 16.9 Å². The number of nitrogens with zero attached hydrogens (tertiary/aromatic N) is 1. The van der Waals surface area contributed by atoms with Gasteiger partial charge in [0.05, 0.1) is 20.6 Å². The van der Waals surface area contributed by atoms with Gasteiger partial charge in [-0.15, -0.1) is 0 Å². The Morgan fingerprint density at radius 1 is 0.737 bits per heavy atom. The first kappa shape index (κ1) is 15.7. The molecule has 0 saturated heterocycles. The van der Waals surface area contributed by atoms with Crippen molar-refractivity contribution in [3.05, 3.63) is 71.8 Å². The van der Waals surface area contributed by atoms with Crippen LogP contribution in [-0.4, -0.2) is 25.1 Å². The predicted molar refractivity (Wildman–Crippen MR) is 77.3 cm³/mol. The molecule has 19 heavy (non-hydrogen) atoms. The van der Waals surface area contributed by atoms with Gasteiger partial charge in [-0.05, 0) is 5.56 Å². The number of benzene rings is 2. The van der Waals surface area contributed by atoms with Crippen molar-refractivity contribution >= 4 is 0 Å². The van der Waals surface area contributed by atoms with Gasteiger partial charge in [0, 0.05) is 12.0 Å². The molecule has 0 N–H and O–H groups in total. The third-order valence-corrected chi connectivity index (χ3v) is 3.30. The lowest BCUT2D eigenvalue weighted by Gasteiger charge is -2.30. The van der Waals surface area contributed by atoms with E-state index in [4.69, 9.17) is 0 Å². The maximum absolute atomic E-state index is 2.30. The fraction of sp³-hybridized carbons (Fsp3) is 0.294. The lowest BCUT2D eigenvalue weighted by Crippen LogP contribution is -3.00. The Morgan fingerprint density at radius 3 is 1.74 bits per heavy atom. The molecular weight excluding hydrogens is 254 g/mol. The van der Waals surface area contributed by atoms with Crippen LogP contribution in [-0.2, 0) is 13.0 Å². The second-order valence-corrected chi connectivity index (χ2v) is 5.54. The summed E-state index contributed by atoms with van der Waals surface area (Å²) in [5.41, 5.74) is 2.84. The zero-order valence-corrected chi connectivity index (χ0v) is 12.5. The van der Waals surface area contributed by atoms with E-state index in [1.807, 2.05) is 0 Å². The Kier molecular flexibility index (Phi) is 6.07. The van der Waals surface area contributed by atoms with Gasteiger partial charge in [0.1, 0.15) is 6.54 Å². The Morgan fingerprint density at radius 2 is 1.21 bits per heavy atom. The van der Waals surface area contributed by atoms with Gasteiger partial charge in [-0.2, -0.15) is 0 Å². The van der Waals surface area contributed by atoms with Crippen molar-refractivity contribution in [1.82, 2.24) is 0 Å². The average molecular weight is 276 g/mol. The molecule has 0 bridgehead atoms. The standard InChI is InChI=1S/C17H22N.ClH/c1-18(2,15-17-11-7-4-8-12-17)14-13-16-9-5-3-6-10-16;/h3-12H,13-15H2,1-2H3;1H/q+1;/p-1. The van der Waals surface area contributed by atoms with Crippen LogP contribution in [0.1, 0.15) is 11.1 Å². The number of halogens is 1. The molecular formula is C17H22ClN. The smallest absolute Gasteiger partial charge is 0.104 e. The van der Waals surface area contributed by atoms with E-state index in [0.717, 1.165) is 17.4 Å². The molecule has 0 heterocycles. The molecule has 0 unspecified atom stereocenters. The lowest BCUT2D eigenvalue weighted by molar-refractivity contribution is -0.903. The molecule has 0 atom stereocenters. The highest BCUT2D eigenvalue weighted by atomic mass is 35.5. The fourth-order valence-electron chi connectivity index (χ4n) is 2.23. The SMILES string of the molecule is C[N+](C)(CCc1ccccc1)Cc1ccccc1.[Cl-]. The van der Waals surface area contributed by atoms with Gasteiger partial charge in [-0.1, -0.05) is 60.7 Å². The summed E-state index contributed by atoms with van der Waals surface area (Å²) in [5.74, 6) is 0. The van der Waals surface area contributed by atoms with Gasteiger partial charge in [-0.25, -0.2) is 0 Å². The maximum Gasteiger partial charge on any atom is 0.104 e. The van der Waals surface area contributed by atoms with Crippen molar-refractivity contribution in [2.24, 2.45) is 0 Å². The van der Waals surface area contributed by atoms with Crippen LogP contribution in [0.2, 0.25) is 0 Å². The van der Waals surface area contributed by atoms with E-state index < -0.39 is 0 Å². The normalized spacial score (nSPS) is 10.8. The van der Waals surface area contributed by atoms with Gasteiger partial charge >= 0.3 is 0 Å². The summed E-state index contributed by atoms with van der Waals surface area (Å²) >= 11 is 0. The summed E-state index contributed by atoms with van der Waals surface area (Å²) in [5, 5.41) is 0. The number of hydrogen-bond donors (Lipinski definition) is 0. The van der Waals surface area contributed by atoms with Crippen LogP contribution in [0.5, 0.6) is 0 Å². The highest BCUT2D eigenvalue weighted by molar-refractivity contribution is 5.15. The molecule has 0 aliphatic rings. The minimum absolute atomic E-state index is 0. The van der Waals surface area contributed by atoms with Crippen LogP contribution >= 0.6 is 0 Å². The molecule has 0 radical (unpaired) electrons. The summed E-state index contributed by atoms with van der Waals surface area (Å²) in [6.45, 7) is 2.26. The van der Waals surface area contributed by atoms with Crippen molar-refractivity contribution < 1.29 is 16.9 Å². The molecule has 2 aromatic rings. The minimum Gasteiger partial charge on any atom is -1.00 e. The van der Waals surface area contributed by atoms with Crippen LogP contribution in [0.15, 0.2) is 60.7 Å². The van der Waals surface area contributed by atoms with E-state index in [-0.39, 0.29) is 12.4 Å². The highest BCUT2D eigenvalue weighted by Crippen LogP contribution is 2.11. The summed E-state index contributed by atoms with van der Waals surface area (Å²) < 4.78 is 1.03. The molecule has 0 aromatic heterocycles. The predicted octanol–water partition coefficient (Wildman–Crippen LogP) is 0.510. The topological polar surface area (TPSA) is 0 Å². The number of rotatable bonds is 5. The van der Waals surface area contributed by atoms with Gasteiger partial charge in [0.2, 0.25) is 0 Å². The van der Waals surface area contributed by atoms with Gasteiger partial charge in [0.25, 0.3) is 0 Å². The second-order valence-electron chi connectivity index (χ2n) is 5.54. The molecule has 2 heteroatoms. The molecule has 0 amide bonds. The molecule has 2 rings (SSSR count). The van der Waals surface area contributed by atoms with Crippen molar-refractivity contribution in [3.63, 3.8) is 0 Å². The van der Waals surface area contributed by atoms with Gasteiger partial charge in [-0.3, -0.25) is 0 Å². The highest BCUT2D eigenvalue weighted by Gasteiger charge is 2.15. The van der Waals surface area contributed by atoms with E-state index in [0.29, 0.717) is 0 Å². The molecule has 0 aliphatic carbocycles. The van der Waals surface area contributed by atoms with Crippen LogP contribution < -0.4 is 12.4 Å². The molecule has 1 nitrogen and oxygen atoms in total.